The zero-order chi connectivity index (χ0) is 19.6. The largest absolute Gasteiger partial charge is 0.373 e. The average Bonchev–Trinajstić information content (AvgIpc) is 2.76. The molecule has 1 fully saturated rings. The Morgan fingerprint density at radius 1 is 0.929 bits per heavy atom. The summed E-state index contributed by atoms with van der Waals surface area (Å²) >= 11 is 0. The van der Waals surface area contributed by atoms with Crippen molar-refractivity contribution in [2.45, 2.75) is 58.0 Å². The highest BCUT2D eigenvalue weighted by atomic mass is 16.5. The molecule has 0 spiro atoms. The van der Waals surface area contributed by atoms with Gasteiger partial charge >= 0.3 is 0 Å². The van der Waals surface area contributed by atoms with Crippen molar-refractivity contribution in [1.29, 1.82) is 0 Å². The van der Waals surface area contributed by atoms with Crippen LogP contribution in [0.3, 0.4) is 0 Å². The smallest absolute Gasteiger partial charge is 0.0721 e. The van der Waals surface area contributed by atoms with Crippen molar-refractivity contribution < 1.29 is 4.74 Å². The zero-order valence-corrected chi connectivity index (χ0v) is 17.3. The zero-order valence-electron chi connectivity index (χ0n) is 17.3. The summed E-state index contributed by atoms with van der Waals surface area (Å²) in [6.45, 7) is 7.21. The maximum absolute atomic E-state index is 5.63. The number of rotatable bonds is 9. The Balaban J connectivity index is 1.53. The van der Waals surface area contributed by atoms with Gasteiger partial charge in [-0.05, 0) is 79.5 Å². The molecule has 2 aromatic rings. The fourth-order valence-electron chi connectivity index (χ4n) is 4.22. The molecule has 0 bridgehead atoms. The lowest BCUT2D eigenvalue weighted by molar-refractivity contribution is 0.148. The maximum atomic E-state index is 5.63. The molecule has 0 heterocycles. The molecule has 1 aliphatic rings. The topological polar surface area (TPSA) is 9.23 Å². The van der Waals surface area contributed by atoms with Gasteiger partial charge in [-0.25, -0.2) is 0 Å². The van der Waals surface area contributed by atoms with E-state index in [0.717, 1.165) is 11.8 Å². The van der Waals surface area contributed by atoms with Crippen molar-refractivity contribution >= 4 is 0 Å². The Hall–Kier alpha value is -2.12. The summed E-state index contributed by atoms with van der Waals surface area (Å²) < 4.78 is 5.63. The van der Waals surface area contributed by atoms with E-state index in [2.05, 4.69) is 61.2 Å². The molecule has 2 aromatic carbocycles. The Kier molecular flexibility index (Phi) is 8.11. The van der Waals surface area contributed by atoms with Crippen LogP contribution in [0.5, 0.6) is 0 Å². The van der Waals surface area contributed by atoms with Crippen LogP contribution in [-0.2, 0) is 11.3 Å². The number of hydrogen-bond donors (Lipinski definition) is 0. The maximum Gasteiger partial charge on any atom is 0.0721 e. The molecule has 28 heavy (non-hydrogen) atoms. The van der Waals surface area contributed by atoms with E-state index < -0.39 is 0 Å². The summed E-state index contributed by atoms with van der Waals surface area (Å²) in [4.78, 5) is 0. The molecular weight excluding hydrogens is 340 g/mol. The fourth-order valence-corrected chi connectivity index (χ4v) is 4.22. The van der Waals surface area contributed by atoms with Gasteiger partial charge in [0.15, 0.2) is 0 Å². The van der Waals surface area contributed by atoms with Crippen LogP contribution in [0.25, 0.3) is 11.1 Å². The van der Waals surface area contributed by atoms with Crippen LogP contribution in [0.2, 0.25) is 0 Å². The molecule has 1 aliphatic carbocycles. The lowest BCUT2D eigenvalue weighted by atomic mass is 9.77. The minimum atomic E-state index is 0.666. The quantitative estimate of drug-likeness (QED) is 0.323. The first-order chi connectivity index (χ1) is 13.8. The van der Waals surface area contributed by atoms with Crippen molar-refractivity contribution in [3.63, 3.8) is 0 Å². The number of ether oxygens (including phenoxy) is 1. The molecule has 0 unspecified atom stereocenters. The van der Waals surface area contributed by atoms with E-state index in [1.807, 2.05) is 19.1 Å². The standard InChI is InChI=1S/C27H34O/c1-3-5-7-22-8-12-24(13-9-22)26-16-18-27(19-17-26)25-14-10-23(11-15-25)21-28-20-6-4-2/h3-4,6,10-11,14-19,22,24H,1,5,7-9,12-13,20-21H2,2H3/b6-4+. The highest BCUT2D eigenvalue weighted by molar-refractivity contribution is 5.64. The summed E-state index contributed by atoms with van der Waals surface area (Å²) in [7, 11) is 0. The van der Waals surface area contributed by atoms with Crippen molar-refractivity contribution in [3.8, 4) is 11.1 Å². The normalized spacial score (nSPS) is 19.8. The molecule has 1 saturated carbocycles. The van der Waals surface area contributed by atoms with E-state index >= 15 is 0 Å². The Labute approximate surface area is 171 Å². The lowest BCUT2D eigenvalue weighted by Crippen LogP contribution is -2.13. The Morgan fingerprint density at radius 3 is 2.18 bits per heavy atom. The van der Waals surface area contributed by atoms with Crippen LogP contribution in [0.15, 0.2) is 73.3 Å². The van der Waals surface area contributed by atoms with E-state index in [4.69, 9.17) is 4.74 Å². The minimum absolute atomic E-state index is 0.666. The van der Waals surface area contributed by atoms with Gasteiger partial charge in [0, 0.05) is 0 Å². The first-order valence-electron chi connectivity index (χ1n) is 10.8. The summed E-state index contributed by atoms with van der Waals surface area (Å²) in [5.41, 5.74) is 5.31. The third-order valence-electron chi connectivity index (χ3n) is 6.01. The minimum Gasteiger partial charge on any atom is -0.373 e. The molecule has 0 radical (unpaired) electrons. The molecule has 1 heteroatoms. The molecule has 0 N–H and O–H groups in total. The van der Waals surface area contributed by atoms with Crippen LogP contribution >= 0.6 is 0 Å². The third-order valence-corrected chi connectivity index (χ3v) is 6.01. The number of benzene rings is 2. The van der Waals surface area contributed by atoms with E-state index in [0.29, 0.717) is 13.2 Å². The summed E-state index contributed by atoms with van der Waals surface area (Å²) in [6, 6.07) is 18.0. The van der Waals surface area contributed by atoms with Gasteiger partial charge in [-0.2, -0.15) is 0 Å². The van der Waals surface area contributed by atoms with Gasteiger partial charge in [-0.15, -0.1) is 6.58 Å². The summed E-state index contributed by atoms with van der Waals surface area (Å²) in [6.07, 6.45) is 14.0. The SMILES string of the molecule is C=CCCC1CCC(c2ccc(-c3ccc(COC/C=C/C)cc3)cc2)CC1. The van der Waals surface area contributed by atoms with Crippen LogP contribution in [0, 0.1) is 5.92 Å². The van der Waals surface area contributed by atoms with Crippen molar-refractivity contribution in [1.82, 2.24) is 0 Å². The van der Waals surface area contributed by atoms with Crippen molar-refractivity contribution in [3.05, 3.63) is 84.5 Å². The van der Waals surface area contributed by atoms with E-state index in [-0.39, 0.29) is 0 Å². The van der Waals surface area contributed by atoms with E-state index in [9.17, 15) is 0 Å². The molecule has 148 valence electrons. The lowest BCUT2D eigenvalue weighted by Gasteiger charge is -2.28. The molecule has 0 amide bonds. The summed E-state index contributed by atoms with van der Waals surface area (Å²) in [5, 5.41) is 0. The monoisotopic (exact) mass is 374 g/mol. The Morgan fingerprint density at radius 2 is 1.57 bits per heavy atom. The van der Waals surface area contributed by atoms with E-state index in [1.165, 1.54) is 60.8 Å². The molecular formula is C27H34O. The average molecular weight is 375 g/mol. The van der Waals surface area contributed by atoms with Gasteiger partial charge in [-0.3, -0.25) is 0 Å². The molecule has 0 atom stereocenters. The van der Waals surface area contributed by atoms with Crippen molar-refractivity contribution in [2.24, 2.45) is 5.92 Å². The number of allylic oxidation sites excluding steroid dienone is 2. The predicted molar refractivity (Wildman–Crippen MR) is 120 cm³/mol. The van der Waals surface area contributed by atoms with Gasteiger partial charge in [-0.1, -0.05) is 66.8 Å². The number of hydrogen-bond acceptors (Lipinski definition) is 1. The third kappa shape index (κ3) is 5.94. The van der Waals surface area contributed by atoms with E-state index in [1.54, 1.807) is 0 Å². The van der Waals surface area contributed by atoms with Crippen LogP contribution in [0.1, 0.15) is 62.5 Å². The first-order valence-corrected chi connectivity index (χ1v) is 10.8. The molecule has 1 nitrogen and oxygen atoms in total. The Bertz CT molecular complexity index is 731. The second kappa shape index (κ2) is 11.0. The molecule has 3 rings (SSSR count). The summed E-state index contributed by atoms with van der Waals surface area (Å²) in [5.74, 6) is 1.65. The second-order valence-corrected chi connectivity index (χ2v) is 7.99. The highest BCUT2D eigenvalue weighted by Crippen LogP contribution is 2.38. The van der Waals surface area contributed by atoms with Gasteiger partial charge in [0.1, 0.15) is 0 Å². The molecule has 0 saturated heterocycles. The first kappa shape index (κ1) is 20.6. The highest BCUT2D eigenvalue weighted by Gasteiger charge is 2.21. The second-order valence-electron chi connectivity index (χ2n) is 7.99. The van der Waals surface area contributed by atoms with Crippen LogP contribution in [0.4, 0.5) is 0 Å². The van der Waals surface area contributed by atoms with Gasteiger partial charge < -0.3 is 4.74 Å². The van der Waals surface area contributed by atoms with Gasteiger partial charge in [0.2, 0.25) is 0 Å². The van der Waals surface area contributed by atoms with Gasteiger partial charge in [0.25, 0.3) is 0 Å². The molecule has 0 aromatic heterocycles. The molecule has 0 aliphatic heterocycles. The van der Waals surface area contributed by atoms with Crippen LogP contribution in [-0.4, -0.2) is 6.61 Å². The fraction of sp³-hybridized carbons (Fsp3) is 0.407. The predicted octanol–water partition coefficient (Wildman–Crippen LogP) is 7.69. The van der Waals surface area contributed by atoms with Gasteiger partial charge in [0.05, 0.1) is 13.2 Å². The van der Waals surface area contributed by atoms with Crippen molar-refractivity contribution in [2.75, 3.05) is 6.61 Å². The van der Waals surface area contributed by atoms with Crippen LogP contribution < -0.4 is 0 Å².